The van der Waals surface area contributed by atoms with Crippen LogP contribution in [0.5, 0.6) is 5.75 Å². The molecule has 1 saturated carbocycles. The van der Waals surface area contributed by atoms with E-state index in [0.717, 1.165) is 25.7 Å². The molecule has 1 aromatic carbocycles. The highest BCUT2D eigenvalue weighted by atomic mass is 32.2. The van der Waals surface area contributed by atoms with E-state index in [0.29, 0.717) is 16.7 Å². The Balaban J connectivity index is 1.98. The molecule has 1 aliphatic rings. The minimum atomic E-state index is -3.40. The molecule has 0 bridgehead atoms. The van der Waals surface area contributed by atoms with E-state index < -0.39 is 9.84 Å². The molecule has 0 amide bonds. The third-order valence-corrected chi connectivity index (χ3v) is 5.08. The first-order valence-electron chi connectivity index (χ1n) is 7.03. The van der Waals surface area contributed by atoms with Crippen molar-refractivity contribution in [3.8, 4) is 5.75 Å². The van der Waals surface area contributed by atoms with E-state index in [1.807, 2.05) is 0 Å². The van der Waals surface area contributed by atoms with Gasteiger partial charge in [-0.15, -0.1) is 0 Å². The molecule has 0 radical (unpaired) electrons. The summed E-state index contributed by atoms with van der Waals surface area (Å²) in [6, 6.07) is 3.72. The van der Waals surface area contributed by atoms with Gasteiger partial charge in [-0.1, -0.05) is 0 Å². The molecule has 7 heteroatoms. The molecule has 1 heterocycles. The molecule has 6 nitrogen and oxygen atoms in total. The van der Waals surface area contributed by atoms with Crippen LogP contribution >= 0.6 is 0 Å². The Morgan fingerprint density at radius 3 is 2.67 bits per heavy atom. The predicted octanol–water partition coefficient (Wildman–Crippen LogP) is 1.62. The van der Waals surface area contributed by atoms with Crippen LogP contribution in [0.3, 0.4) is 0 Å². The third-order valence-electron chi connectivity index (χ3n) is 3.92. The van der Waals surface area contributed by atoms with Crippen LogP contribution in [0.1, 0.15) is 25.7 Å². The van der Waals surface area contributed by atoms with Crippen LogP contribution in [-0.2, 0) is 9.84 Å². The lowest BCUT2D eigenvalue weighted by molar-refractivity contribution is 0.143. The van der Waals surface area contributed by atoms with Crippen LogP contribution < -0.4 is 10.5 Å². The summed E-state index contributed by atoms with van der Waals surface area (Å²) in [7, 11) is -3.40. The van der Waals surface area contributed by atoms with Gasteiger partial charge in [0.1, 0.15) is 10.6 Å². The lowest BCUT2D eigenvalue weighted by atomic mass is 9.94. The van der Waals surface area contributed by atoms with Crippen molar-refractivity contribution in [3.05, 3.63) is 18.3 Å². The SMILES string of the molecule is CS(=O)(=O)c1c(OC2CCC(N)CC2)ccc2[nH]ncc12. The molecule has 0 saturated heterocycles. The summed E-state index contributed by atoms with van der Waals surface area (Å²) in [6.07, 6.45) is 6.27. The molecular formula is C14H19N3O3S. The summed E-state index contributed by atoms with van der Waals surface area (Å²) in [4.78, 5) is 0.212. The Morgan fingerprint density at radius 1 is 1.29 bits per heavy atom. The number of aromatic nitrogens is 2. The number of nitrogens with zero attached hydrogens (tertiary/aromatic N) is 1. The van der Waals surface area contributed by atoms with Gasteiger partial charge in [-0.2, -0.15) is 5.10 Å². The first-order chi connectivity index (χ1) is 9.95. The van der Waals surface area contributed by atoms with E-state index in [4.69, 9.17) is 10.5 Å². The van der Waals surface area contributed by atoms with E-state index >= 15 is 0 Å². The minimum Gasteiger partial charge on any atom is -0.489 e. The number of hydrogen-bond acceptors (Lipinski definition) is 5. The summed E-state index contributed by atoms with van der Waals surface area (Å²) < 4.78 is 30.2. The van der Waals surface area contributed by atoms with Gasteiger partial charge in [0.2, 0.25) is 0 Å². The van der Waals surface area contributed by atoms with Crippen molar-refractivity contribution in [1.82, 2.24) is 10.2 Å². The Kier molecular flexibility index (Phi) is 3.62. The number of benzene rings is 1. The fourth-order valence-electron chi connectivity index (χ4n) is 2.83. The van der Waals surface area contributed by atoms with E-state index in [-0.39, 0.29) is 17.0 Å². The zero-order valence-corrected chi connectivity index (χ0v) is 12.7. The number of fused-ring (bicyclic) bond motifs is 1. The number of rotatable bonds is 3. The molecule has 21 heavy (non-hydrogen) atoms. The normalized spacial score (nSPS) is 23.3. The number of nitrogens with one attached hydrogen (secondary N) is 1. The molecule has 114 valence electrons. The molecule has 3 rings (SSSR count). The van der Waals surface area contributed by atoms with E-state index in [2.05, 4.69) is 10.2 Å². The summed E-state index contributed by atoms with van der Waals surface area (Å²) in [5.41, 5.74) is 6.57. The second-order valence-electron chi connectivity index (χ2n) is 5.65. The number of H-pyrrole nitrogens is 1. The third kappa shape index (κ3) is 2.89. The van der Waals surface area contributed by atoms with E-state index in [9.17, 15) is 8.42 Å². The average Bonchev–Trinajstić information content (AvgIpc) is 2.87. The minimum absolute atomic E-state index is 0.0228. The summed E-state index contributed by atoms with van der Waals surface area (Å²) >= 11 is 0. The highest BCUT2D eigenvalue weighted by molar-refractivity contribution is 7.91. The fraction of sp³-hybridized carbons (Fsp3) is 0.500. The highest BCUT2D eigenvalue weighted by Crippen LogP contribution is 2.33. The van der Waals surface area contributed by atoms with Gasteiger partial charge in [0, 0.05) is 17.7 Å². The molecule has 1 fully saturated rings. The monoisotopic (exact) mass is 309 g/mol. The summed E-state index contributed by atoms with van der Waals surface area (Å²) in [6.45, 7) is 0. The smallest absolute Gasteiger partial charge is 0.179 e. The van der Waals surface area contributed by atoms with E-state index in [1.54, 1.807) is 12.1 Å². The maximum absolute atomic E-state index is 12.1. The lowest BCUT2D eigenvalue weighted by Crippen LogP contribution is -2.31. The molecular weight excluding hydrogens is 290 g/mol. The Hall–Kier alpha value is -1.60. The highest BCUT2D eigenvalue weighted by Gasteiger charge is 2.24. The van der Waals surface area contributed by atoms with Gasteiger partial charge in [0.05, 0.1) is 17.8 Å². The van der Waals surface area contributed by atoms with Gasteiger partial charge in [-0.25, -0.2) is 8.42 Å². The molecule has 1 aliphatic carbocycles. The van der Waals surface area contributed by atoms with Crippen LogP contribution in [0.4, 0.5) is 0 Å². The van der Waals surface area contributed by atoms with Crippen LogP contribution in [-0.4, -0.2) is 37.0 Å². The maximum atomic E-state index is 12.1. The lowest BCUT2D eigenvalue weighted by Gasteiger charge is -2.27. The van der Waals surface area contributed by atoms with Crippen LogP contribution in [0, 0.1) is 0 Å². The van der Waals surface area contributed by atoms with Gasteiger partial charge in [-0.3, -0.25) is 5.10 Å². The van der Waals surface area contributed by atoms with Crippen LogP contribution in [0.2, 0.25) is 0 Å². The maximum Gasteiger partial charge on any atom is 0.179 e. The van der Waals surface area contributed by atoms with Crippen molar-refractivity contribution in [2.75, 3.05) is 6.26 Å². The van der Waals surface area contributed by atoms with Gasteiger partial charge in [0.15, 0.2) is 9.84 Å². The molecule has 1 aromatic heterocycles. The Morgan fingerprint density at radius 2 is 2.00 bits per heavy atom. The van der Waals surface area contributed by atoms with Crippen molar-refractivity contribution in [2.24, 2.45) is 5.73 Å². The van der Waals surface area contributed by atoms with Crippen molar-refractivity contribution >= 4 is 20.7 Å². The van der Waals surface area contributed by atoms with Crippen molar-refractivity contribution in [3.63, 3.8) is 0 Å². The zero-order chi connectivity index (χ0) is 15.0. The first-order valence-corrected chi connectivity index (χ1v) is 8.92. The van der Waals surface area contributed by atoms with E-state index in [1.165, 1.54) is 12.5 Å². The first kappa shape index (κ1) is 14.3. The second kappa shape index (κ2) is 5.31. The Bertz CT molecular complexity index is 746. The molecule has 0 aliphatic heterocycles. The fourth-order valence-corrected chi connectivity index (χ4v) is 3.88. The number of nitrogens with two attached hydrogens (primary N) is 1. The largest absolute Gasteiger partial charge is 0.489 e. The summed E-state index contributed by atoms with van der Waals surface area (Å²) in [5.74, 6) is 0.409. The van der Waals surface area contributed by atoms with Gasteiger partial charge < -0.3 is 10.5 Å². The van der Waals surface area contributed by atoms with Gasteiger partial charge in [0.25, 0.3) is 0 Å². The predicted molar refractivity (Wildman–Crippen MR) is 80.1 cm³/mol. The average molecular weight is 309 g/mol. The van der Waals surface area contributed by atoms with Gasteiger partial charge >= 0.3 is 0 Å². The molecule has 0 atom stereocenters. The summed E-state index contributed by atoms with van der Waals surface area (Å²) in [5, 5.41) is 7.27. The topological polar surface area (TPSA) is 98.1 Å². The Labute approximate surface area is 123 Å². The van der Waals surface area contributed by atoms with Crippen LogP contribution in [0.15, 0.2) is 23.2 Å². The number of aromatic amines is 1. The number of sulfone groups is 1. The number of ether oxygens (including phenoxy) is 1. The molecule has 2 aromatic rings. The second-order valence-corrected chi connectivity index (χ2v) is 7.60. The van der Waals surface area contributed by atoms with Crippen molar-refractivity contribution < 1.29 is 13.2 Å². The van der Waals surface area contributed by atoms with Crippen LogP contribution in [0.25, 0.3) is 10.9 Å². The molecule has 0 spiro atoms. The quantitative estimate of drug-likeness (QED) is 0.897. The standard InChI is InChI=1S/C14H19N3O3S/c1-21(18,19)14-11-8-16-17-12(11)6-7-13(14)20-10-4-2-9(15)3-5-10/h6-10H,2-5,15H2,1H3,(H,16,17). The van der Waals surface area contributed by atoms with Gasteiger partial charge in [-0.05, 0) is 37.8 Å². The number of hydrogen-bond donors (Lipinski definition) is 2. The molecule has 0 unspecified atom stereocenters. The zero-order valence-electron chi connectivity index (χ0n) is 11.9. The van der Waals surface area contributed by atoms with Crippen molar-refractivity contribution in [2.45, 2.75) is 42.7 Å². The molecule has 3 N–H and O–H groups in total. The van der Waals surface area contributed by atoms with Crippen molar-refractivity contribution in [1.29, 1.82) is 0 Å².